The molecular formula is C16H21BrCl2N2O. The third-order valence-electron chi connectivity index (χ3n) is 3.27. The summed E-state index contributed by atoms with van der Waals surface area (Å²) in [7, 11) is 3.36. The lowest BCUT2D eigenvalue weighted by molar-refractivity contribution is -0.840. The number of nitrogens with zero attached hydrogens (tertiary/aromatic N) is 2. The summed E-state index contributed by atoms with van der Waals surface area (Å²) in [5.74, 6) is 0.163. The number of benzene rings is 1. The zero-order chi connectivity index (χ0) is 14.6. The van der Waals surface area contributed by atoms with Crippen molar-refractivity contribution in [2.24, 2.45) is 0 Å². The first-order valence-corrected chi connectivity index (χ1v) is 7.45. The highest BCUT2D eigenvalue weighted by molar-refractivity contribution is 9.10. The number of halogens is 3. The maximum absolute atomic E-state index is 11.8. The van der Waals surface area contributed by atoms with Crippen molar-refractivity contribution in [2.75, 3.05) is 20.6 Å². The van der Waals surface area contributed by atoms with Crippen LogP contribution in [0.4, 0.5) is 0 Å². The van der Waals surface area contributed by atoms with Crippen LogP contribution in [0.15, 0.2) is 53.1 Å². The second kappa shape index (κ2) is 9.48. The summed E-state index contributed by atoms with van der Waals surface area (Å²) in [6, 6.07) is 14.2. The van der Waals surface area contributed by atoms with E-state index in [0.717, 1.165) is 16.6 Å². The molecule has 0 N–H and O–H groups in total. The van der Waals surface area contributed by atoms with Crippen molar-refractivity contribution in [3.8, 4) is 0 Å². The molecule has 2 rings (SSSR count). The molecule has 0 aliphatic rings. The van der Waals surface area contributed by atoms with Gasteiger partial charge in [0.25, 0.3) is 0 Å². The average molecular weight is 408 g/mol. The molecule has 0 bridgehead atoms. The summed E-state index contributed by atoms with van der Waals surface area (Å²) in [5, 5.41) is 11.8. The van der Waals surface area contributed by atoms with Crippen LogP contribution in [0.25, 0.3) is 0 Å². The van der Waals surface area contributed by atoms with E-state index in [-0.39, 0.29) is 35.4 Å². The van der Waals surface area contributed by atoms with Crippen LogP contribution in [0.3, 0.4) is 0 Å². The molecule has 0 aliphatic heterocycles. The molecule has 6 heteroatoms. The van der Waals surface area contributed by atoms with Gasteiger partial charge in [-0.1, -0.05) is 34.1 Å². The first kappa shape index (κ1) is 21.4. The topological polar surface area (TPSA) is 36.0 Å². The SMILES string of the molecule is C[N+](C)([O-])CCC(c1ccc(Br)cc1)c1ccccn1.Cl.Cl. The number of hydrogen-bond acceptors (Lipinski definition) is 2. The molecule has 0 spiro atoms. The van der Waals surface area contributed by atoms with Crippen LogP contribution in [0.5, 0.6) is 0 Å². The molecule has 0 saturated heterocycles. The van der Waals surface area contributed by atoms with E-state index in [4.69, 9.17) is 0 Å². The standard InChI is InChI=1S/C16H19BrN2O.2ClH/c1-19(2,20)12-10-15(16-5-3-4-11-18-16)13-6-8-14(17)9-7-13;;/h3-9,11,15H,10,12H2,1-2H3;2*1H. The van der Waals surface area contributed by atoms with Crippen molar-refractivity contribution in [2.45, 2.75) is 12.3 Å². The maximum atomic E-state index is 11.8. The normalized spacial score (nSPS) is 12.0. The highest BCUT2D eigenvalue weighted by Gasteiger charge is 2.18. The summed E-state index contributed by atoms with van der Waals surface area (Å²) in [5.41, 5.74) is 2.21. The lowest BCUT2D eigenvalue weighted by Gasteiger charge is -2.35. The third-order valence-corrected chi connectivity index (χ3v) is 3.80. The largest absolute Gasteiger partial charge is 0.633 e. The predicted octanol–water partition coefficient (Wildman–Crippen LogP) is 4.78. The summed E-state index contributed by atoms with van der Waals surface area (Å²) in [6.07, 6.45) is 2.59. The molecule has 1 heterocycles. The van der Waals surface area contributed by atoms with E-state index >= 15 is 0 Å². The molecule has 2 aromatic rings. The Labute approximate surface area is 152 Å². The molecule has 1 aromatic heterocycles. The fourth-order valence-electron chi connectivity index (χ4n) is 2.20. The van der Waals surface area contributed by atoms with Crippen LogP contribution in [0, 0.1) is 5.21 Å². The van der Waals surface area contributed by atoms with E-state index in [2.05, 4.69) is 33.0 Å². The van der Waals surface area contributed by atoms with Crippen molar-refractivity contribution >= 4 is 40.7 Å². The Bertz CT molecular complexity index is 544. The van der Waals surface area contributed by atoms with E-state index in [1.807, 2.05) is 30.3 Å². The fraction of sp³-hybridized carbons (Fsp3) is 0.312. The smallest absolute Gasteiger partial charge is 0.0789 e. The highest BCUT2D eigenvalue weighted by atomic mass is 79.9. The zero-order valence-electron chi connectivity index (χ0n) is 12.6. The maximum Gasteiger partial charge on any atom is 0.0789 e. The van der Waals surface area contributed by atoms with E-state index in [0.29, 0.717) is 6.54 Å². The average Bonchev–Trinajstić information content (AvgIpc) is 2.41. The van der Waals surface area contributed by atoms with Gasteiger partial charge in [0, 0.05) is 28.7 Å². The molecule has 22 heavy (non-hydrogen) atoms. The van der Waals surface area contributed by atoms with Crippen molar-refractivity contribution in [1.29, 1.82) is 0 Å². The van der Waals surface area contributed by atoms with Crippen molar-refractivity contribution in [1.82, 2.24) is 4.98 Å². The molecular weight excluding hydrogens is 387 g/mol. The Hall–Kier alpha value is -0.650. The third kappa shape index (κ3) is 6.63. The van der Waals surface area contributed by atoms with Gasteiger partial charge in [-0.25, -0.2) is 0 Å². The lowest BCUT2D eigenvalue weighted by Crippen LogP contribution is -2.34. The van der Waals surface area contributed by atoms with Crippen molar-refractivity contribution < 1.29 is 4.65 Å². The zero-order valence-corrected chi connectivity index (χ0v) is 15.8. The number of rotatable bonds is 5. The molecule has 122 valence electrons. The van der Waals surface area contributed by atoms with Gasteiger partial charge in [-0.05, 0) is 29.8 Å². The van der Waals surface area contributed by atoms with E-state index in [1.54, 1.807) is 20.3 Å². The Morgan fingerprint density at radius 1 is 1.09 bits per heavy atom. The van der Waals surface area contributed by atoms with Crippen LogP contribution in [-0.2, 0) is 0 Å². The van der Waals surface area contributed by atoms with Gasteiger partial charge in [-0.3, -0.25) is 4.98 Å². The molecule has 0 aliphatic carbocycles. The molecule has 0 fully saturated rings. The van der Waals surface area contributed by atoms with Gasteiger partial charge >= 0.3 is 0 Å². The molecule has 1 unspecified atom stereocenters. The molecule has 3 nitrogen and oxygen atoms in total. The van der Waals surface area contributed by atoms with Gasteiger partial charge in [0.1, 0.15) is 0 Å². The minimum absolute atomic E-state index is 0. The van der Waals surface area contributed by atoms with Gasteiger partial charge in [0.05, 0.1) is 20.6 Å². The van der Waals surface area contributed by atoms with E-state index in [9.17, 15) is 5.21 Å². The minimum Gasteiger partial charge on any atom is -0.633 e. The van der Waals surface area contributed by atoms with Crippen molar-refractivity contribution in [3.05, 3.63) is 69.6 Å². The second-order valence-electron chi connectivity index (χ2n) is 5.44. The van der Waals surface area contributed by atoms with Crippen LogP contribution >= 0.6 is 40.7 Å². The molecule has 1 atom stereocenters. The van der Waals surface area contributed by atoms with Gasteiger partial charge in [-0.15, -0.1) is 24.8 Å². The van der Waals surface area contributed by atoms with Gasteiger partial charge < -0.3 is 9.85 Å². The van der Waals surface area contributed by atoms with Crippen LogP contribution < -0.4 is 0 Å². The summed E-state index contributed by atoms with van der Waals surface area (Å²) in [4.78, 5) is 4.46. The Morgan fingerprint density at radius 3 is 2.23 bits per heavy atom. The van der Waals surface area contributed by atoms with Crippen LogP contribution in [0.2, 0.25) is 0 Å². The van der Waals surface area contributed by atoms with E-state index in [1.165, 1.54) is 5.56 Å². The van der Waals surface area contributed by atoms with Gasteiger partial charge in [0.15, 0.2) is 0 Å². The monoisotopic (exact) mass is 406 g/mol. The minimum atomic E-state index is -0.278. The summed E-state index contributed by atoms with van der Waals surface area (Å²) < 4.78 is 0.779. The van der Waals surface area contributed by atoms with Crippen LogP contribution in [-0.4, -0.2) is 30.3 Å². The van der Waals surface area contributed by atoms with Crippen LogP contribution in [0.1, 0.15) is 23.6 Å². The number of hydroxylamine groups is 3. The first-order chi connectivity index (χ1) is 9.46. The quantitative estimate of drug-likeness (QED) is 0.527. The summed E-state index contributed by atoms with van der Waals surface area (Å²) in [6.45, 7) is 0.567. The Kier molecular flexibility index (Phi) is 9.20. The Morgan fingerprint density at radius 2 is 1.73 bits per heavy atom. The second-order valence-corrected chi connectivity index (χ2v) is 6.36. The highest BCUT2D eigenvalue weighted by Crippen LogP contribution is 2.28. The number of aromatic nitrogens is 1. The van der Waals surface area contributed by atoms with Gasteiger partial charge in [0.2, 0.25) is 0 Å². The van der Waals surface area contributed by atoms with Gasteiger partial charge in [-0.2, -0.15) is 0 Å². The molecule has 0 amide bonds. The van der Waals surface area contributed by atoms with E-state index < -0.39 is 0 Å². The molecule has 1 aromatic carbocycles. The summed E-state index contributed by atoms with van der Waals surface area (Å²) >= 11 is 3.45. The molecule has 0 saturated carbocycles. The fourth-order valence-corrected chi connectivity index (χ4v) is 2.47. The Balaban J connectivity index is 0.00000220. The number of quaternary nitrogens is 1. The number of hydrogen-bond donors (Lipinski definition) is 0. The van der Waals surface area contributed by atoms with Crippen molar-refractivity contribution in [3.63, 3.8) is 0 Å². The molecule has 0 radical (unpaired) electrons. The first-order valence-electron chi connectivity index (χ1n) is 6.66. The lowest BCUT2D eigenvalue weighted by atomic mass is 9.92. The number of pyridine rings is 1. The predicted molar refractivity (Wildman–Crippen MR) is 99.7 cm³/mol.